The summed E-state index contributed by atoms with van der Waals surface area (Å²) < 4.78 is 2.18. The van der Waals surface area contributed by atoms with Crippen molar-refractivity contribution in [1.82, 2.24) is 4.57 Å². The van der Waals surface area contributed by atoms with Gasteiger partial charge < -0.3 is 9.67 Å². The van der Waals surface area contributed by atoms with Crippen molar-refractivity contribution in [3.63, 3.8) is 0 Å². The van der Waals surface area contributed by atoms with Gasteiger partial charge in [-0.05, 0) is 49.4 Å². The highest BCUT2D eigenvalue weighted by atomic mass is 16.4. The lowest BCUT2D eigenvalue weighted by molar-refractivity contribution is 0.0698. The number of nitrogens with zero attached hydrogens (tertiary/aromatic N) is 1. The number of carboxylic acids is 1. The van der Waals surface area contributed by atoms with Crippen LogP contribution in [0.1, 0.15) is 66.7 Å². The van der Waals surface area contributed by atoms with E-state index in [-0.39, 0.29) is 0 Å². The Morgan fingerprint density at radius 1 is 1.29 bits per heavy atom. The van der Waals surface area contributed by atoms with Crippen LogP contribution in [0.25, 0.3) is 10.9 Å². The molecule has 2 rings (SSSR count). The van der Waals surface area contributed by atoms with Gasteiger partial charge in [0.1, 0.15) is 0 Å². The summed E-state index contributed by atoms with van der Waals surface area (Å²) in [4.78, 5) is 11.7. The van der Waals surface area contributed by atoms with Gasteiger partial charge >= 0.3 is 5.97 Å². The van der Waals surface area contributed by atoms with Crippen LogP contribution in [0.15, 0.2) is 12.1 Å². The molecule has 0 aliphatic rings. The Morgan fingerprint density at radius 3 is 2.48 bits per heavy atom. The number of fused-ring (bicyclic) bond motifs is 1. The number of rotatable bonds is 5. The highest BCUT2D eigenvalue weighted by Gasteiger charge is 2.19. The second kappa shape index (κ2) is 5.92. The maximum atomic E-state index is 11.7. The van der Waals surface area contributed by atoms with E-state index in [0.717, 1.165) is 35.9 Å². The first-order chi connectivity index (χ1) is 9.88. The van der Waals surface area contributed by atoms with Crippen LogP contribution in [0.5, 0.6) is 0 Å². The van der Waals surface area contributed by atoms with E-state index in [1.54, 1.807) is 0 Å². The maximum Gasteiger partial charge on any atom is 0.337 e. The van der Waals surface area contributed by atoms with Gasteiger partial charge in [-0.1, -0.05) is 27.2 Å². The maximum absolute atomic E-state index is 11.7. The van der Waals surface area contributed by atoms with E-state index < -0.39 is 5.97 Å². The van der Waals surface area contributed by atoms with Crippen molar-refractivity contribution in [2.24, 2.45) is 0 Å². The molecular weight excluding hydrogens is 262 g/mol. The van der Waals surface area contributed by atoms with Gasteiger partial charge in [0.15, 0.2) is 0 Å². The van der Waals surface area contributed by atoms with Gasteiger partial charge in [0.25, 0.3) is 0 Å². The lowest BCUT2D eigenvalue weighted by Gasteiger charge is -2.12. The van der Waals surface area contributed by atoms with Crippen LogP contribution in [0.3, 0.4) is 0 Å². The third kappa shape index (κ3) is 2.69. The van der Waals surface area contributed by atoms with Gasteiger partial charge in [0, 0.05) is 17.6 Å². The van der Waals surface area contributed by atoms with Crippen LogP contribution in [0.2, 0.25) is 0 Å². The fourth-order valence-electron chi connectivity index (χ4n) is 2.89. The van der Waals surface area contributed by atoms with E-state index in [2.05, 4.69) is 45.3 Å². The number of hydrogen-bond acceptors (Lipinski definition) is 1. The minimum absolute atomic E-state index is 0.325. The van der Waals surface area contributed by atoms with E-state index in [9.17, 15) is 9.90 Å². The van der Waals surface area contributed by atoms with E-state index in [4.69, 9.17) is 0 Å². The third-order valence-electron chi connectivity index (χ3n) is 4.39. The van der Waals surface area contributed by atoms with Crippen LogP contribution >= 0.6 is 0 Å². The highest BCUT2D eigenvalue weighted by Crippen LogP contribution is 2.32. The summed E-state index contributed by atoms with van der Waals surface area (Å²) in [6, 6.07) is 4.01. The molecule has 3 heteroatoms. The van der Waals surface area contributed by atoms with Crippen LogP contribution < -0.4 is 0 Å². The summed E-state index contributed by atoms with van der Waals surface area (Å²) >= 11 is 0. The minimum atomic E-state index is -0.835. The number of aryl methyl sites for hydroxylation is 2. The van der Waals surface area contributed by atoms with Gasteiger partial charge in [-0.2, -0.15) is 0 Å². The van der Waals surface area contributed by atoms with Gasteiger partial charge in [-0.15, -0.1) is 0 Å². The average Bonchev–Trinajstić information content (AvgIpc) is 2.68. The standard InChI is InChI=1S/C18H25NO2/c1-6-7-8-19-13(5)12(4)15-9-14(11(2)3)10-16(17(15)19)18(20)21/h9-11H,6-8H2,1-5H3,(H,20,21). The SMILES string of the molecule is CCCCn1c(C)c(C)c2cc(C(C)C)cc(C(=O)O)c21. The van der Waals surface area contributed by atoms with Crippen molar-refractivity contribution in [1.29, 1.82) is 0 Å². The quantitative estimate of drug-likeness (QED) is 0.851. The molecule has 21 heavy (non-hydrogen) atoms. The lowest BCUT2D eigenvalue weighted by atomic mass is 9.97. The summed E-state index contributed by atoms with van der Waals surface area (Å²) in [7, 11) is 0. The highest BCUT2D eigenvalue weighted by molar-refractivity contribution is 6.04. The van der Waals surface area contributed by atoms with E-state index in [1.807, 2.05) is 6.07 Å². The van der Waals surface area contributed by atoms with Crippen LogP contribution in [0, 0.1) is 13.8 Å². The summed E-state index contributed by atoms with van der Waals surface area (Å²) in [6.07, 6.45) is 2.17. The van der Waals surface area contributed by atoms with Crippen molar-refractivity contribution in [2.75, 3.05) is 0 Å². The van der Waals surface area contributed by atoms with Crippen molar-refractivity contribution < 1.29 is 9.90 Å². The molecule has 0 saturated carbocycles. The molecule has 114 valence electrons. The number of unbranched alkanes of at least 4 members (excludes halogenated alkanes) is 1. The summed E-state index contributed by atoms with van der Waals surface area (Å²) in [5, 5.41) is 10.7. The predicted molar refractivity (Wildman–Crippen MR) is 87.4 cm³/mol. The normalized spacial score (nSPS) is 11.5. The zero-order chi connectivity index (χ0) is 15.7. The minimum Gasteiger partial charge on any atom is -0.478 e. The Morgan fingerprint density at radius 2 is 1.95 bits per heavy atom. The topological polar surface area (TPSA) is 42.2 Å². The molecule has 0 amide bonds. The summed E-state index contributed by atoms with van der Waals surface area (Å²) in [5.74, 6) is -0.510. The lowest BCUT2D eigenvalue weighted by Crippen LogP contribution is -2.06. The molecule has 0 spiro atoms. The Bertz CT molecular complexity index is 680. The van der Waals surface area contributed by atoms with Gasteiger partial charge in [0.05, 0.1) is 11.1 Å². The molecule has 0 fully saturated rings. The molecule has 1 N–H and O–H groups in total. The summed E-state index contributed by atoms with van der Waals surface area (Å²) in [5.41, 5.74) is 4.79. The second-order valence-electron chi connectivity index (χ2n) is 6.14. The number of benzene rings is 1. The van der Waals surface area contributed by atoms with Gasteiger partial charge in [-0.25, -0.2) is 4.79 Å². The number of carbonyl (C=O) groups is 1. The van der Waals surface area contributed by atoms with Crippen molar-refractivity contribution in [2.45, 2.75) is 59.9 Å². The molecule has 0 radical (unpaired) electrons. The van der Waals surface area contributed by atoms with Gasteiger partial charge in [-0.3, -0.25) is 0 Å². The first-order valence-corrected chi connectivity index (χ1v) is 7.75. The second-order valence-corrected chi connectivity index (χ2v) is 6.14. The van der Waals surface area contributed by atoms with E-state index in [0.29, 0.717) is 11.5 Å². The molecule has 1 aromatic carbocycles. The Labute approximate surface area is 126 Å². The molecule has 1 heterocycles. The van der Waals surface area contributed by atoms with Gasteiger partial charge in [0.2, 0.25) is 0 Å². The molecule has 2 aromatic rings. The number of aromatic carboxylic acids is 1. The van der Waals surface area contributed by atoms with E-state index in [1.165, 1.54) is 11.3 Å². The largest absolute Gasteiger partial charge is 0.478 e. The molecule has 0 aliphatic carbocycles. The third-order valence-corrected chi connectivity index (χ3v) is 4.39. The Hall–Kier alpha value is -1.77. The average molecular weight is 287 g/mol. The van der Waals surface area contributed by atoms with Crippen molar-refractivity contribution >= 4 is 16.9 Å². The molecule has 0 bridgehead atoms. The van der Waals surface area contributed by atoms with Crippen molar-refractivity contribution in [3.05, 3.63) is 34.5 Å². The van der Waals surface area contributed by atoms with Crippen LogP contribution in [-0.2, 0) is 6.54 Å². The Balaban J connectivity index is 2.81. The predicted octanol–water partition coefficient (Wildman–Crippen LogP) is 4.88. The first kappa shape index (κ1) is 15.6. The number of carboxylic acid groups (broad SMARTS) is 1. The molecule has 0 unspecified atom stereocenters. The molecule has 3 nitrogen and oxygen atoms in total. The van der Waals surface area contributed by atoms with E-state index >= 15 is 0 Å². The molecular formula is C18H25NO2. The Kier molecular flexibility index (Phi) is 4.40. The smallest absolute Gasteiger partial charge is 0.337 e. The molecule has 1 aromatic heterocycles. The van der Waals surface area contributed by atoms with Crippen LogP contribution in [-0.4, -0.2) is 15.6 Å². The zero-order valence-corrected chi connectivity index (χ0v) is 13.7. The summed E-state index contributed by atoms with van der Waals surface area (Å²) in [6.45, 7) is 11.4. The first-order valence-electron chi connectivity index (χ1n) is 7.75. The molecule has 0 aliphatic heterocycles. The van der Waals surface area contributed by atoms with Crippen LogP contribution in [0.4, 0.5) is 0 Å². The number of aromatic nitrogens is 1. The fourth-order valence-corrected chi connectivity index (χ4v) is 2.89. The number of hydrogen-bond donors (Lipinski definition) is 1. The monoisotopic (exact) mass is 287 g/mol. The van der Waals surface area contributed by atoms with Crippen molar-refractivity contribution in [3.8, 4) is 0 Å². The zero-order valence-electron chi connectivity index (χ0n) is 13.7. The molecule has 0 saturated heterocycles. The fraction of sp³-hybridized carbons (Fsp3) is 0.500. The molecule has 0 atom stereocenters.